The molecule has 0 aliphatic rings. The number of rotatable bonds is 5. The first-order valence-corrected chi connectivity index (χ1v) is 6.77. The van der Waals surface area contributed by atoms with E-state index in [0.29, 0.717) is 5.69 Å². The molecule has 6 heteroatoms. The molecule has 0 saturated carbocycles. The van der Waals surface area contributed by atoms with Gasteiger partial charge >= 0.3 is 0 Å². The van der Waals surface area contributed by atoms with Gasteiger partial charge in [-0.2, -0.15) is 5.10 Å². The number of hydrogen-bond donors (Lipinski definition) is 1. The van der Waals surface area contributed by atoms with Gasteiger partial charge in [0.2, 0.25) is 11.3 Å². The molecule has 0 atom stereocenters. The molecular weight excluding hydrogens is 258 g/mol. The molecule has 6 nitrogen and oxygen atoms in total. The Morgan fingerprint density at radius 3 is 2.35 bits per heavy atom. The number of aryl methyl sites for hydroxylation is 1. The third-order valence-electron chi connectivity index (χ3n) is 3.11. The van der Waals surface area contributed by atoms with E-state index in [1.54, 1.807) is 11.8 Å². The van der Waals surface area contributed by atoms with Crippen molar-refractivity contribution in [3.8, 4) is 0 Å². The Kier molecular flexibility index (Phi) is 5.44. The minimum atomic E-state index is -0.425. The zero-order chi connectivity index (χ0) is 15.4. The van der Waals surface area contributed by atoms with Crippen LogP contribution < -0.4 is 5.43 Å². The van der Waals surface area contributed by atoms with Crippen molar-refractivity contribution in [3.63, 3.8) is 0 Å². The van der Waals surface area contributed by atoms with Gasteiger partial charge in [-0.15, -0.1) is 0 Å². The summed E-state index contributed by atoms with van der Waals surface area (Å²) in [5.74, 6) is -0.0573. The Hall–Kier alpha value is -1.69. The summed E-state index contributed by atoms with van der Waals surface area (Å²) >= 11 is 0. The second-order valence-corrected chi connectivity index (χ2v) is 5.40. The van der Waals surface area contributed by atoms with Gasteiger partial charge in [0.1, 0.15) is 12.2 Å². The fourth-order valence-electron chi connectivity index (χ4n) is 2.27. The second kappa shape index (κ2) is 6.65. The number of carbonyl (C=O) groups excluding carboxylic acids is 1. The van der Waals surface area contributed by atoms with Crippen LogP contribution in [0.15, 0.2) is 10.9 Å². The lowest BCUT2D eigenvalue weighted by molar-refractivity contribution is -0.135. The summed E-state index contributed by atoms with van der Waals surface area (Å²) in [6.07, 6.45) is 0. The van der Waals surface area contributed by atoms with E-state index in [9.17, 15) is 9.59 Å². The maximum atomic E-state index is 12.4. The Bertz CT molecular complexity index is 527. The highest BCUT2D eigenvalue weighted by atomic mass is 16.3. The third-order valence-corrected chi connectivity index (χ3v) is 3.11. The molecule has 0 bridgehead atoms. The SMILES string of the molecule is Cc1cc(=O)c(CO)nn1CC(=O)N(C(C)C)C(C)C. The van der Waals surface area contributed by atoms with E-state index in [1.165, 1.54) is 10.7 Å². The third kappa shape index (κ3) is 3.66. The minimum absolute atomic E-state index is 0.0573. The van der Waals surface area contributed by atoms with E-state index >= 15 is 0 Å². The van der Waals surface area contributed by atoms with E-state index < -0.39 is 6.61 Å². The fourth-order valence-corrected chi connectivity index (χ4v) is 2.27. The molecule has 20 heavy (non-hydrogen) atoms. The largest absolute Gasteiger partial charge is 0.390 e. The van der Waals surface area contributed by atoms with Crippen molar-refractivity contribution in [2.75, 3.05) is 0 Å². The number of nitrogens with zero attached hydrogens (tertiary/aromatic N) is 3. The molecule has 0 radical (unpaired) electrons. The quantitative estimate of drug-likeness (QED) is 0.861. The molecular formula is C14H23N3O3. The Morgan fingerprint density at radius 1 is 1.35 bits per heavy atom. The van der Waals surface area contributed by atoms with Gasteiger partial charge in [-0.3, -0.25) is 14.3 Å². The average Bonchev–Trinajstić information content (AvgIpc) is 2.31. The number of aromatic nitrogens is 2. The minimum Gasteiger partial charge on any atom is -0.390 e. The van der Waals surface area contributed by atoms with Crippen molar-refractivity contribution < 1.29 is 9.90 Å². The van der Waals surface area contributed by atoms with Crippen LogP contribution in [0.1, 0.15) is 39.1 Å². The van der Waals surface area contributed by atoms with E-state index in [-0.39, 0.29) is 35.7 Å². The first-order chi connectivity index (χ1) is 9.27. The van der Waals surface area contributed by atoms with Crippen LogP contribution in [0.3, 0.4) is 0 Å². The van der Waals surface area contributed by atoms with Crippen molar-refractivity contribution in [1.82, 2.24) is 14.7 Å². The van der Waals surface area contributed by atoms with Gasteiger partial charge in [0, 0.05) is 23.8 Å². The fraction of sp³-hybridized carbons (Fsp3) is 0.643. The zero-order valence-electron chi connectivity index (χ0n) is 12.8. The number of hydrogen-bond acceptors (Lipinski definition) is 4. The Balaban J connectivity index is 3.04. The van der Waals surface area contributed by atoms with Crippen LogP contribution in [0.4, 0.5) is 0 Å². The Morgan fingerprint density at radius 2 is 1.90 bits per heavy atom. The zero-order valence-corrected chi connectivity index (χ0v) is 12.8. The van der Waals surface area contributed by atoms with Gasteiger partial charge < -0.3 is 10.0 Å². The van der Waals surface area contributed by atoms with Crippen LogP contribution in [0.5, 0.6) is 0 Å². The summed E-state index contributed by atoms with van der Waals surface area (Å²) < 4.78 is 1.47. The topological polar surface area (TPSA) is 75.4 Å². The van der Waals surface area contributed by atoms with Crippen LogP contribution in [0.25, 0.3) is 0 Å². The van der Waals surface area contributed by atoms with Crippen LogP contribution in [0.2, 0.25) is 0 Å². The van der Waals surface area contributed by atoms with Gasteiger partial charge in [0.15, 0.2) is 0 Å². The lowest BCUT2D eigenvalue weighted by atomic mass is 10.2. The van der Waals surface area contributed by atoms with Gasteiger partial charge in [0.05, 0.1) is 6.61 Å². The molecule has 0 aromatic carbocycles. The summed E-state index contributed by atoms with van der Waals surface area (Å²) in [5, 5.41) is 13.1. The van der Waals surface area contributed by atoms with Crippen LogP contribution in [-0.4, -0.2) is 37.8 Å². The first-order valence-electron chi connectivity index (χ1n) is 6.77. The molecule has 0 fully saturated rings. The first kappa shape index (κ1) is 16.4. The lowest BCUT2D eigenvalue weighted by Gasteiger charge is -2.31. The van der Waals surface area contributed by atoms with Crippen LogP contribution in [0, 0.1) is 6.92 Å². The smallest absolute Gasteiger partial charge is 0.244 e. The number of carbonyl (C=O) groups is 1. The number of aliphatic hydroxyl groups excluding tert-OH is 1. The molecule has 1 N–H and O–H groups in total. The molecule has 1 aromatic heterocycles. The van der Waals surface area contributed by atoms with Crippen LogP contribution >= 0.6 is 0 Å². The summed E-state index contributed by atoms with van der Waals surface area (Å²) in [7, 11) is 0. The predicted molar refractivity (Wildman–Crippen MR) is 76.3 cm³/mol. The maximum absolute atomic E-state index is 12.4. The van der Waals surface area contributed by atoms with Crippen molar-refractivity contribution >= 4 is 5.91 Å². The number of amides is 1. The maximum Gasteiger partial charge on any atom is 0.244 e. The molecule has 1 aromatic rings. The van der Waals surface area contributed by atoms with E-state index in [4.69, 9.17) is 5.11 Å². The van der Waals surface area contributed by atoms with E-state index in [0.717, 1.165) is 0 Å². The Labute approximate surface area is 119 Å². The molecule has 1 rings (SSSR count). The van der Waals surface area contributed by atoms with Gasteiger partial charge in [-0.1, -0.05) is 0 Å². The normalized spacial score (nSPS) is 11.2. The molecule has 0 aliphatic heterocycles. The summed E-state index contributed by atoms with van der Waals surface area (Å²) in [5.41, 5.74) is 0.357. The predicted octanol–water partition coefficient (Wildman–Crippen LogP) is 0.689. The van der Waals surface area contributed by atoms with Gasteiger partial charge in [0.25, 0.3) is 0 Å². The molecule has 0 aliphatic carbocycles. The standard InChI is InChI=1S/C14H23N3O3/c1-9(2)17(10(3)4)14(20)7-16-11(5)6-13(19)12(8-18)15-16/h6,9-10,18H,7-8H2,1-5H3. The number of aliphatic hydroxyl groups is 1. The van der Waals surface area contributed by atoms with Gasteiger partial charge in [-0.05, 0) is 34.6 Å². The lowest BCUT2D eigenvalue weighted by Crippen LogP contribution is -2.44. The van der Waals surface area contributed by atoms with Gasteiger partial charge in [-0.25, -0.2) is 0 Å². The van der Waals surface area contributed by atoms with Crippen molar-refractivity contribution in [3.05, 3.63) is 27.7 Å². The molecule has 1 amide bonds. The molecule has 1 heterocycles. The van der Waals surface area contributed by atoms with Crippen LogP contribution in [-0.2, 0) is 17.9 Å². The van der Waals surface area contributed by atoms with Crippen molar-refractivity contribution in [1.29, 1.82) is 0 Å². The highest BCUT2D eigenvalue weighted by molar-refractivity contribution is 5.76. The molecule has 0 saturated heterocycles. The second-order valence-electron chi connectivity index (χ2n) is 5.40. The van der Waals surface area contributed by atoms with E-state index in [1.807, 2.05) is 27.7 Å². The molecule has 0 unspecified atom stereocenters. The highest BCUT2D eigenvalue weighted by Crippen LogP contribution is 2.07. The molecule has 0 spiro atoms. The highest BCUT2D eigenvalue weighted by Gasteiger charge is 2.21. The van der Waals surface area contributed by atoms with E-state index in [2.05, 4.69) is 5.10 Å². The monoisotopic (exact) mass is 281 g/mol. The average molecular weight is 281 g/mol. The summed E-state index contributed by atoms with van der Waals surface area (Å²) in [4.78, 5) is 25.7. The van der Waals surface area contributed by atoms with Crippen molar-refractivity contribution in [2.24, 2.45) is 0 Å². The summed E-state index contributed by atoms with van der Waals surface area (Å²) in [6, 6.07) is 1.58. The summed E-state index contributed by atoms with van der Waals surface area (Å²) in [6.45, 7) is 9.20. The van der Waals surface area contributed by atoms with Crippen molar-refractivity contribution in [2.45, 2.75) is 59.9 Å². The molecule has 112 valence electrons.